The maximum absolute atomic E-state index is 6.57. The number of ether oxygens (including phenoxy) is 2. The molecular formula is C21H33ClIN3O2. The van der Waals surface area contributed by atoms with Crippen LogP contribution in [0.5, 0.6) is 0 Å². The lowest BCUT2D eigenvalue weighted by atomic mass is 9.74. The van der Waals surface area contributed by atoms with E-state index in [-0.39, 0.29) is 29.4 Å². The molecule has 3 rings (SSSR count). The quantitative estimate of drug-likeness (QED) is 0.360. The Morgan fingerprint density at radius 1 is 1.29 bits per heavy atom. The summed E-state index contributed by atoms with van der Waals surface area (Å²) in [7, 11) is 1.86. The van der Waals surface area contributed by atoms with E-state index in [1.807, 2.05) is 19.2 Å². The molecule has 0 amide bonds. The first-order valence-electron chi connectivity index (χ1n) is 10.1. The normalized spacial score (nSPS) is 20.5. The zero-order valence-corrected chi connectivity index (χ0v) is 20.0. The molecule has 0 unspecified atom stereocenters. The van der Waals surface area contributed by atoms with Crippen molar-refractivity contribution < 1.29 is 9.47 Å². The fourth-order valence-electron chi connectivity index (χ4n) is 4.25. The highest BCUT2D eigenvalue weighted by molar-refractivity contribution is 14.0. The standard InChI is InChI=1S/C21H32ClN3O2.HI/c1-3-27-17-8-12-25(13-9-17)20(23-2)24-16-21(10-14-26-15-11-21)18-6-4-5-7-19(18)22;/h4-7,17H,3,8-16H2,1-2H3,(H,23,24);1H. The average Bonchev–Trinajstić information content (AvgIpc) is 2.71. The lowest BCUT2D eigenvalue weighted by molar-refractivity contribution is 0.0259. The number of aliphatic imine (C=N–C) groups is 1. The fraction of sp³-hybridized carbons (Fsp3) is 0.667. The van der Waals surface area contributed by atoms with Crippen LogP contribution in [0.3, 0.4) is 0 Å². The van der Waals surface area contributed by atoms with Gasteiger partial charge in [-0.25, -0.2) is 0 Å². The summed E-state index contributed by atoms with van der Waals surface area (Å²) in [5.74, 6) is 0.975. The van der Waals surface area contributed by atoms with Crippen LogP contribution in [-0.4, -0.2) is 63.5 Å². The highest BCUT2D eigenvalue weighted by atomic mass is 127. The monoisotopic (exact) mass is 521 g/mol. The van der Waals surface area contributed by atoms with Crippen LogP contribution in [-0.2, 0) is 14.9 Å². The third-order valence-corrected chi connectivity index (χ3v) is 6.17. The molecule has 0 aromatic heterocycles. The van der Waals surface area contributed by atoms with Crippen LogP contribution < -0.4 is 5.32 Å². The second-order valence-electron chi connectivity index (χ2n) is 7.42. The van der Waals surface area contributed by atoms with Gasteiger partial charge in [0.05, 0.1) is 6.10 Å². The molecule has 1 aromatic rings. The van der Waals surface area contributed by atoms with Crippen LogP contribution in [0.4, 0.5) is 0 Å². The molecule has 0 aliphatic carbocycles. The number of rotatable bonds is 5. The summed E-state index contributed by atoms with van der Waals surface area (Å²) in [6.07, 6.45) is 4.42. The van der Waals surface area contributed by atoms with Crippen molar-refractivity contribution in [3.8, 4) is 0 Å². The van der Waals surface area contributed by atoms with Crippen LogP contribution in [0, 0.1) is 0 Å². The molecular weight excluding hydrogens is 489 g/mol. The van der Waals surface area contributed by atoms with Crippen molar-refractivity contribution in [2.45, 2.75) is 44.1 Å². The molecule has 2 fully saturated rings. The van der Waals surface area contributed by atoms with E-state index in [0.717, 1.165) is 76.1 Å². The predicted molar refractivity (Wildman–Crippen MR) is 126 cm³/mol. The van der Waals surface area contributed by atoms with Gasteiger partial charge in [-0.15, -0.1) is 24.0 Å². The predicted octanol–water partition coefficient (Wildman–Crippen LogP) is 4.08. The van der Waals surface area contributed by atoms with E-state index in [2.05, 4.69) is 34.3 Å². The van der Waals surface area contributed by atoms with Crippen molar-refractivity contribution in [2.75, 3.05) is 46.5 Å². The second kappa shape index (κ2) is 11.6. The van der Waals surface area contributed by atoms with E-state index < -0.39 is 0 Å². The molecule has 2 aliphatic rings. The molecule has 2 aliphatic heterocycles. The zero-order valence-electron chi connectivity index (χ0n) is 17.0. The lowest BCUT2D eigenvalue weighted by Gasteiger charge is -2.40. The summed E-state index contributed by atoms with van der Waals surface area (Å²) in [5.41, 5.74) is 1.20. The van der Waals surface area contributed by atoms with Gasteiger partial charge in [0.25, 0.3) is 0 Å². The minimum Gasteiger partial charge on any atom is -0.381 e. The Labute approximate surface area is 191 Å². The number of benzene rings is 1. The van der Waals surface area contributed by atoms with Gasteiger partial charge in [0.15, 0.2) is 5.96 Å². The van der Waals surface area contributed by atoms with Gasteiger partial charge in [0.2, 0.25) is 0 Å². The van der Waals surface area contributed by atoms with Crippen molar-refractivity contribution in [3.05, 3.63) is 34.9 Å². The fourth-order valence-corrected chi connectivity index (χ4v) is 4.58. The first kappa shape index (κ1) is 23.7. The second-order valence-corrected chi connectivity index (χ2v) is 7.82. The van der Waals surface area contributed by atoms with Gasteiger partial charge in [-0.3, -0.25) is 4.99 Å². The maximum atomic E-state index is 6.57. The molecule has 1 N–H and O–H groups in total. The number of halogens is 2. The van der Waals surface area contributed by atoms with E-state index in [4.69, 9.17) is 21.1 Å². The van der Waals surface area contributed by atoms with Gasteiger partial charge in [0.1, 0.15) is 0 Å². The van der Waals surface area contributed by atoms with Gasteiger partial charge in [-0.05, 0) is 44.2 Å². The molecule has 2 saturated heterocycles. The molecule has 0 atom stereocenters. The molecule has 5 nitrogen and oxygen atoms in total. The van der Waals surface area contributed by atoms with Gasteiger partial charge in [0, 0.05) is 56.9 Å². The Morgan fingerprint density at radius 2 is 1.96 bits per heavy atom. The number of hydrogen-bond donors (Lipinski definition) is 1. The summed E-state index contributed by atoms with van der Waals surface area (Å²) in [4.78, 5) is 6.88. The third kappa shape index (κ3) is 5.74. The van der Waals surface area contributed by atoms with Crippen molar-refractivity contribution in [1.82, 2.24) is 10.2 Å². The summed E-state index contributed by atoms with van der Waals surface area (Å²) in [6.45, 7) is 7.17. The van der Waals surface area contributed by atoms with Crippen LogP contribution in [0.15, 0.2) is 29.3 Å². The zero-order chi connectivity index (χ0) is 19.1. The van der Waals surface area contributed by atoms with E-state index in [0.29, 0.717) is 6.10 Å². The molecule has 1 aromatic carbocycles. The highest BCUT2D eigenvalue weighted by Gasteiger charge is 2.36. The Morgan fingerprint density at radius 3 is 2.57 bits per heavy atom. The number of likely N-dealkylation sites (tertiary alicyclic amines) is 1. The SMILES string of the molecule is CCOC1CCN(C(=NC)NCC2(c3ccccc3Cl)CCOCC2)CC1.I. The van der Waals surface area contributed by atoms with Gasteiger partial charge < -0.3 is 19.7 Å². The summed E-state index contributed by atoms with van der Waals surface area (Å²) in [5, 5.41) is 4.48. The molecule has 7 heteroatoms. The third-order valence-electron chi connectivity index (χ3n) is 5.84. The Kier molecular flexibility index (Phi) is 9.80. The maximum Gasteiger partial charge on any atom is 0.193 e. The summed E-state index contributed by atoms with van der Waals surface area (Å²) in [6, 6.07) is 8.21. The highest BCUT2D eigenvalue weighted by Crippen LogP contribution is 2.38. The molecule has 0 radical (unpaired) electrons. The topological polar surface area (TPSA) is 46.1 Å². The first-order chi connectivity index (χ1) is 13.2. The van der Waals surface area contributed by atoms with Gasteiger partial charge >= 0.3 is 0 Å². The molecule has 2 heterocycles. The number of guanidine groups is 1. The molecule has 0 saturated carbocycles. The average molecular weight is 522 g/mol. The van der Waals surface area contributed by atoms with Crippen LogP contribution in [0.2, 0.25) is 5.02 Å². The molecule has 158 valence electrons. The van der Waals surface area contributed by atoms with Crippen molar-refractivity contribution >= 4 is 41.5 Å². The number of nitrogens with one attached hydrogen (secondary N) is 1. The van der Waals surface area contributed by atoms with E-state index in [1.54, 1.807) is 0 Å². The minimum absolute atomic E-state index is 0. The summed E-state index contributed by atoms with van der Waals surface area (Å²) < 4.78 is 11.4. The molecule has 28 heavy (non-hydrogen) atoms. The number of piperidine rings is 1. The Bertz CT molecular complexity index is 630. The smallest absolute Gasteiger partial charge is 0.193 e. The number of hydrogen-bond acceptors (Lipinski definition) is 3. The van der Waals surface area contributed by atoms with E-state index >= 15 is 0 Å². The van der Waals surface area contributed by atoms with Crippen LogP contribution in [0.1, 0.15) is 38.2 Å². The minimum atomic E-state index is -0.0177. The van der Waals surface area contributed by atoms with Gasteiger partial charge in [-0.1, -0.05) is 29.8 Å². The van der Waals surface area contributed by atoms with Crippen molar-refractivity contribution in [2.24, 2.45) is 4.99 Å². The molecule has 0 spiro atoms. The largest absolute Gasteiger partial charge is 0.381 e. The van der Waals surface area contributed by atoms with Crippen molar-refractivity contribution in [1.29, 1.82) is 0 Å². The van der Waals surface area contributed by atoms with Crippen molar-refractivity contribution in [3.63, 3.8) is 0 Å². The Hall–Kier alpha value is -0.570. The first-order valence-corrected chi connectivity index (χ1v) is 10.5. The van der Waals surface area contributed by atoms with Gasteiger partial charge in [-0.2, -0.15) is 0 Å². The lowest BCUT2D eigenvalue weighted by Crippen LogP contribution is -2.51. The van der Waals surface area contributed by atoms with E-state index in [1.165, 1.54) is 5.56 Å². The Balaban J connectivity index is 0.00000280. The van der Waals surface area contributed by atoms with Crippen LogP contribution >= 0.6 is 35.6 Å². The molecule has 0 bridgehead atoms. The van der Waals surface area contributed by atoms with Crippen LogP contribution in [0.25, 0.3) is 0 Å². The van der Waals surface area contributed by atoms with E-state index in [9.17, 15) is 0 Å². The summed E-state index contributed by atoms with van der Waals surface area (Å²) >= 11 is 6.57. The number of nitrogens with zero attached hydrogens (tertiary/aromatic N) is 2.